The number of methoxy groups -OCH3 is 2. The Morgan fingerprint density at radius 1 is 0.909 bits per heavy atom. The van der Waals surface area contributed by atoms with Gasteiger partial charge in [-0.15, -0.1) is 0 Å². The maximum absolute atomic E-state index is 13.3. The van der Waals surface area contributed by atoms with Crippen LogP contribution in [0.15, 0.2) is 76.4 Å². The van der Waals surface area contributed by atoms with Crippen LogP contribution in [0.5, 0.6) is 11.5 Å². The van der Waals surface area contributed by atoms with E-state index < -0.39 is 17.2 Å². The van der Waals surface area contributed by atoms with E-state index in [1.165, 1.54) is 10.8 Å². The van der Waals surface area contributed by atoms with Crippen LogP contribution in [0, 0.1) is 0 Å². The molecule has 33 heavy (non-hydrogen) atoms. The molecule has 1 amide bonds. The smallest absolute Gasteiger partial charge is 0.332 e. The molecule has 0 aliphatic heterocycles. The highest BCUT2D eigenvalue weighted by atomic mass is 16.5. The largest absolute Gasteiger partial charge is 0.497 e. The molecule has 0 unspecified atom stereocenters. The highest BCUT2D eigenvalue weighted by molar-refractivity contribution is 5.91. The summed E-state index contributed by atoms with van der Waals surface area (Å²) in [5.74, 6) is 0.910. The lowest BCUT2D eigenvalue weighted by Crippen LogP contribution is -2.42. The molecule has 2 aromatic carbocycles. The van der Waals surface area contributed by atoms with Crippen LogP contribution in [0.25, 0.3) is 11.0 Å². The second-order valence-corrected chi connectivity index (χ2v) is 7.26. The fourth-order valence-corrected chi connectivity index (χ4v) is 3.47. The maximum Gasteiger partial charge on any atom is 0.332 e. The minimum Gasteiger partial charge on any atom is -0.497 e. The molecular weight excluding hydrogens is 424 g/mol. The molecule has 0 radical (unpaired) electrons. The summed E-state index contributed by atoms with van der Waals surface area (Å²) in [6.07, 6.45) is 1.48. The quantitative estimate of drug-likeness (QED) is 0.467. The van der Waals surface area contributed by atoms with Crippen molar-refractivity contribution in [2.75, 3.05) is 19.5 Å². The van der Waals surface area contributed by atoms with Crippen molar-refractivity contribution in [3.8, 4) is 11.5 Å². The van der Waals surface area contributed by atoms with Gasteiger partial charge in [-0.3, -0.25) is 18.7 Å². The van der Waals surface area contributed by atoms with Crippen molar-refractivity contribution in [3.05, 3.63) is 93.3 Å². The Hall–Kier alpha value is -4.40. The van der Waals surface area contributed by atoms with Gasteiger partial charge in [0.1, 0.15) is 18.0 Å². The molecule has 168 valence electrons. The number of rotatable bonds is 7. The lowest BCUT2D eigenvalue weighted by molar-refractivity contribution is -0.116. The van der Waals surface area contributed by atoms with Gasteiger partial charge in [0.15, 0.2) is 5.52 Å². The number of hydrogen-bond acceptors (Lipinski definition) is 6. The van der Waals surface area contributed by atoms with E-state index in [0.717, 1.165) is 10.1 Å². The summed E-state index contributed by atoms with van der Waals surface area (Å²) in [7, 11) is 3.12. The predicted molar refractivity (Wildman–Crippen MR) is 124 cm³/mol. The van der Waals surface area contributed by atoms with Crippen LogP contribution in [0.4, 0.5) is 5.69 Å². The summed E-state index contributed by atoms with van der Waals surface area (Å²) < 4.78 is 12.6. The lowest BCUT2D eigenvalue weighted by atomic mass is 10.2. The highest BCUT2D eigenvalue weighted by Crippen LogP contribution is 2.15. The Morgan fingerprint density at radius 3 is 2.18 bits per heavy atom. The van der Waals surface area contributed by atoms with E-state index in [9.17, 15) is 14.4 Å². The summed E-state index contributed by atoms with van der Waals surface area (Å²) in [5, 5.41) is 2.75. The fraction of sp³-hybridized carbons (Fsp3) is 0.167. The van der Waals surface area contributed by atoms with Gasteiger partial charge >= 0.3 is 5.69 Å². The van der Waals surface area contributed by atoms with Crippen LogP contribution in [0.2, 0.25) is 0 Å². The molecule has 0 aliphatic rings. The number of aromatic nitrogens is 3. The van der Waals surface area contributed by atoms with E-state index in [1.807, 2.05) is 0 Å². The van der Waals surface area contributed by atoms with Crippen molar-refractivity contribution in [2.24, 2.45) is 0 Å². The Bertz CT molecular complexity index is 1410. The highest BCUT2D eigenvalue weighted by Gasteiger charge is 2.16. The van der Waals surface area contributed by atoms with Crippen LogP contribution in [-0.2, 0) is 17.9 Å². The van der Waals surface area contributed by atoms with Gasteiger partial charge in [0.25, 0.3) is 5.56 Å². The number of hydrogen-bond donors (Lipinski definition) is 1. The minimum atomic E-state index is -0.596. The van der Waals surface area contributed by atoms with E-state index in [-0.39, 0.29) is 18.6 Å². The van der Waals surface area contributed by atoms with Crippen LogP contribution in [0.1, 0.15) is 5.56 Å². The molecule has 0 saturated carbocycles. The molecule has 1 N–H and O–H groups in total. The van der Waals surface area contributed by atoms with Gasteiger partial charge in [-0.05, 0) is 54.1 Å². The second-order valence-electron chi connectivity index (χ2n) is 7.26. The zero-order valence-corrected chi connectivity index (χ0v) is 18.1. The van der Waals surface area contributed by atoms with E-state index in [1.54, 1.807) is 74.9 Å². The van der Waals surface area contributed by atoms with Gasteiger partial charge in [-0.1, -0.05) is 12.1 Å². The Kier molecular flexibility index (Phi) is 6.21. The molecule has 0 saturated heterocycles. The molecule has 0 fully saturated rings. The summed E-state index contributed by atoms with van der Waals surface area (Å²) in [5.41, 5.74) is 0.591. The zero-order valence-electron chi connectivity index (χ0n) is 18.1. The fourth-order valence-electron chi connectivity index (χ4n) is 3.47. The molecular formula is C24H22N4O5. The number of anilines is 1. The molecule has 0 bridgehead atoms. The van der Waals surface area contributed by atoms with Gasteiger partial charge < -0.3 is 14.8 Å². The first-order valence-electron chi connectivity index (χ1n) is 10.2. The summed E-state index contributed by atoms with van der Waals surface area (Å²) in [4.78, 5) is 43.2. The lowest BCUT2D eigenvalue weighted by Gasteiger charge is -2.14. The van der Waals surface area contributed by atoms with Crippen molar-refractivity contribution in [3.63, 3.8) is 0 Å². The molecule has 4 aromatic rings. The molecule has 0 spiro atoms. The SMILES string of the molecule is COc1ccc(Cn2c(=O)c3ncccc3n(CC(=O)Nc3ccc(OC)cc3)c2=O)cc1. The normalized spacial score (nSPS) is 10.7. The Balaban J connectivity index is 1.69. The van der Waals surface area contributed by atoms with E-state index >= 15 is 0 Å². The number of nitrogens with one attached hydrogen (secondary N) is 1. The standard InChI is InChI=1S/C24H22N4O5/c1-32-18-9-5-16(6-10-18)14-28-23(30)22-20(4-3-13-25-22)27(24(28)31)15-21(29)26-17-7-11-19(33-2)12-8-17/h3-13H,14-15H2,1-2H3,(H,26,29). The third-order valence-corrected chi connectivity index (χ3v) is 5.16. The third kappa shape index (κ3) is 4.62. The number of benzene rings is 2. The van der Waals surface area contributed by atoms with Crippen molar-refractivity contribution in [2.45, 2.75) is 13.1 Å². The molecule has 0 atom stereocenters. The van der Waals surface area contributed by atoms with Gasteiger partial charge in [-0.25, -0.2) is 9.78 Å². The third-order valence-electron chi connectivity index (χ3n) is 5.16. The Labute approximate surface area is 188 Å². The topological polar surface area (TPSA) is 104 Å². The number of amides is 1. The van der Waals surface area contributed by atoms with Crippen LogP contribution in [-0.4, -0.2) is 34.2 Å². The van der Waals surface area contributed by atoms with E-state index in [0.29, 0.717) is 22.7 Å². The minimum absolute atomic E-state index is 0.0360. The van der Waals surface area contributed by atoms with E-state index in [2.05, 4.69) is 10.3 Å². The van der Waals surface area contributed by atoms with Crippen LogP contribution >= 0.6 is 0 Å². The van der Waals surface area contributed by atoms with Gasteiger partial charge in [0.2, 0.25) is 5.91 Å². The van der Waals surface area contributed by atoms with E-state index in [4.69, 9.17) is 9.47 Å². The van der Waals surface area contributed by atoms with Gasteiger partial charge in [0, 0.05) is 11.9 Å². The molecule has 9 heteroatoms. The van der Waals surface area contributed by atoms with Crippen LogP contribution < -0.4 is 26.0 Å². The number of pyridine rings is 1. The maximum atomic E-state index is 13.3. The van der Waals surface area contributed by atoms with Crippen molar-refractivity contribution in [1.29, 1.82) is 0 Å². The van der Waals surface area contributed by atoms with Crippen molar-refractivity contribution < 1.29 is 14.3 Å². The summed E-state index contributed by atoms with van der Waals surface area (Å²) >= 11 is 0. The second kappa shape index (κ2) is 9.39. The first-order valence-corrected chi connectivity index (χ1v) is 10.2. The molecule has 2 heterocycles. The van der Waals surface area contributed by atoms with Crippen LogP contribution in [0.3, 0.4) is 0 Å². The zero-order chi connectivity index (χ0) is 23.4. The Morgan fingerprint density at radius 2 is 1.55 bits per heavy atom. The summed E-state index contributed by atoms with van der Waals surface area (Å²) in [6.45, 7) is -0.246. The first kappa shape index (κ1) is 21.8. The number of nitrogens with zero attached hydrogens (tertiary/aromatic N) is 3. The van der Waals surface area contributed by atoms with Crippen molar-refractivity contribution in [1.82, 2.24) is 14.1 Å². The van der Waals surface area contributed by atoms with Gasteiger partial charge in [-0.2, -0.15) is 0 Å². The first-order chi connectivity index (χ1) is 16.0. The van der Waals surface area contributed by atoms with Gasteiger partial charge in [0.05, 0.1) is 26.3 Å². The molecule has 2 aromatic heterocycles. The molecule has 9 nitrogen and oxygen atoms in total. The average molecular weight is 446 g/mol. The predicted octanol–water partition coefficient (Wildman–Crippen LogP) is 2.26. The number of fused-ring (bicyclic) bond motifs is 1. The number of ether oxygens (including phenoxy) is 2. The van der Waals surface area contributed by atoms with Crippen molar-refractivity contribution >= 4 is 22.6 Å². The number of carbonyl (C=O) groups excluding carboxylic acids is 1. The summed E-state index contributed by atoms with van der Waals surface area (Å²) in [6, 6.07) is 17.1. The number of carbonyl (C=O) groups is 1. The average Bonchev–Trinajstić information content (AvgIpc) is 2.85. The molecule has 0 aliphatic carbocycles. The monoisotopic (exact) mass is 446 g/mol. The molecule has 4 rings (SSSR count).